The Labute approximate surface area is 183 Å². The van der Waals surface area contributed by atoms with Crippen LogP contribution in [0.2, 0.25) is 0 Å². The molecule has 0 radical (unpaired) electrons. The van der Waals surface area contributed by atoms with Crippen molar-refractivity contribution in [3.63, 3.8) is 0 Å². The lowest BCUT2D eigenvalue weighted by molar-refractivity contribution is -0.138. The van der Waals surface area contributed by atoms with Crippen molar-refractivity contribution in [2.24, 2.45) is 11.8 Å². The molecule has 0 heterocycles. The lowest BCUT2D eigenvalue weighted by Crippen LogP contribution is -2.58. The molecule has 2 aromatic rings. The maximum Gasteiger partial charge on any atom is 0.330 e. The summed E-state index contributed by atoms with van der Waals surface area (Å²) in [7, 11) is 0. The Morgan fingerprint density at radius 1 is 1.06 bits per heavy atom. The van der Waals surface area contributed by atoms with Gasteiger partial charge in [-0.2, -0.15) is 0 Å². The molecule has 0 bridgehead atoms. The lowest BCUT2D eigenvalue weighted by atomic mass is 9.40. The fourth-order valence-electron chi connectivity index (χ4n) is 5.25. The molecule has 2 fully saturated rings. The highest BCUT2D eigenvalue weighted by atomic mass is 16.6. The zero-order valence-corrected chi connectivity index (χ0v) is 17.8. The van der Waals surface area contributed by atoms with Gasteiger partial charge in [-0.1, -0.05) is 30.8 Å². The molecule has 2 saturated carbocycles. The van der Waals surface area contributed by atoms with E-state index in [4.69, 9.17) is 19.3 Å². The Bertz CT molecular complexity index is 889. The van der Waals surface area contributed by atoms with Crippen molar-refractivity contribution in [3.8, 4) is 11.5 Å². The van der Waals surface area contributed by atoms with Crippen molar-refractivity contribution < 1.29 is 24.1 Å². The molecule has 5 heteroatoms. The highest BCUT2D eigenvalue weighted by Gasteiger charge is 2.59. The van der Waals surface area contributed by atoms with E-state index in [1.54, 1.807) is 0 Å². The number of aliphatic hydroxyl groups is 1. The largest absolute Gasteiger partial charge is 0.490 e. The number of carbonyl (C=O) groups excluding carboxylic acids is 1. The highest BCUT2D eigenvalue weighted by molar-refractivity contribution is 5.81. The van der Waals surface area contributed by atoms with Crippen molar-refractivity contribution in [3.05, 3.63) is 72.3 Å². The smallest absolute Gasteiger partial charge is 0.330 e. The number of benzene rings is 2. The number of ether oxygens (including phenoxy) is 3. The van der Waals surface area contributed by atoms with E-state index in [9.17, 15) is 4.79 Å². The summed E-state index contributed by atoms with van der Waals surface area (Å²) in [6.45, 7) is 3.62. The van der Waals surface area contributed by atoms with Crippen molar-refractivity contribution in [2.75, 3.05) is 20.0 Å². The van der Waals surface area contributed by atoms with Crippen molar-refractivity contribution in [2.45, 2.75) is 37.5 Å². The summed E-state index contributed by atoms with van der Waals surface area (Å²) in [4.78, 5) is 11.0. The summed E-state index contributed by atoms with van der Waals surface area (Å²) >= 11 is 0. The molecule has 0 aliphatic heterocycles. The predicted molar refractivity (Wildman–Crippen MR) is 118 cm³/mol. The number of aryl methyl sites for hydroxylation is 1. The minimum atomic E-state index is -0.432. The zero-order valence-electron chi connectivity index (χ0n) is 17.8. The van der Waals surface area contributed by atoms with Crippen LogP contribution >= 0.6 is 0 Å². The van der Waals surface area contributed by atoms with E-state index in [1.807, 2.05) is 24.3 Å². The lowest BCUT2D eigenvalue weighted by Gasteiger charge is -2.64. The average Bonchev–Trinajstić information content (AvgIpc) is 2.79. The van der Waals surface area contributed by atoms with Crippen LogP contribution in [0.1, 0.15) is 36.8 Å². The quantitative estimate of drug-likeness (QED) is 0.251. The summed E-state index contributed by atoms with van der Waals surface area (Å²) in [5, 5.41) is 8.89. The molecule has 0 saturated heterocycles. The molecule has 0 amide bonds. The van der Waals surface area contributed by atoms with Crippen LogP contribution in [0.4, 0.5) is 0 Å². The van der Waals surface area contributed by atoms with E-state index in [0.717, 1.165) is 35.8 Å². The van der Waals surface area contributed by atoms with Crippen LogP contribution in [0.3, 0.4) is 0 Å². The molecular weight excluding hydrogens is 392 g/mol. The number of carbonyl (C=O) groups is 1. The van der Waals surface area contributed by atoms with Gasteiger partial charge in [0.2, 0.25) is 0 Å². The molecule has 1 N–H and O–H groups in total. The first kappa shape index (κ1) is 21.4. The van der Waals surface area contributed by atoms with E-state index in [2.05, 4.69) is 30.8 Å². The van der Waals surface area contributed by atoms with E-state index in [0.29, 0.717) is 12.0 Å². The summed E-state index contributed by atoms with van der Waals surface area (Å²) in [5.74, 6) is 2.65. The van der Waals surface area contributed by atoms with Crippen LogP contribution in [0.15, 0.2) is 61.2 Å². The molecule has 0 aromatic heterocycles. The van der Waals surface area contributed by atoms with Crippen molar-refractivity contribution in [1.82, 2.24) is 0 Å². The van der Waals surface area contributed by atoms with Crippen molar-refractivity contribution >= 4 is 5.97 Å². The Morgan fingerprint density at radius 3 is 2.39 bits per heavy atom. The zero-order chi connectivity index (χ0) is 21.7. The van der Waals surface area contributed by atoms with Gasteiger partial charge in [-0.15, -0.1) is 0 Å². The van der Waals surface area contributed by atoms with Crippen LogP contribution in [-0.2, 0) is 21.4 Å². The van der Waals surface area contributed by atoms with E-state index >= 15 is 0 Å². The fraction of sp³-hybridized carbons (Fsp3) is 0.423. The molecule has 164 valence electrons. The third-order valence-corrected chi connectivity index (χ3v) is 6.96. The van der Waals surface area contributed by atoms with Gasteiger partial charge in [-0.25, -0.2) is 4.79 Å². The SMILES string of the molecule is C=CC(=O)OCCOc1ccc(CCC2CC3(c4ccc(OCO)cc4)CCC23)cc1. The number of hydrogen-bond donors (Lipinski definition) is 1. The van der Waals surface area contributed by atoms with Gasteiger partial charge in [0.15, 0.2) is 6.79 Å². The summed E-state index contributed by atoms with van der Waals surface area (Å²) in [6, 6.07) is 16.5. The maximum atomic E-state index is 11.0. The standard InChI is InChI=1S/C26H30O5/c1-2-25(28)30-16-15-29-22-9-4-19(5-10-22)3-6-20-17-26(14-13-24(20)26)21-7-11-23(12-8-21)31-18-27/h2,4-5,7-12,20,24,27H,1,3,6,13-18H2. The average molecular weight is 423 g/mol. The van der Waals surface area contributed by atoms with Gasteiger partial charge in [-0.3, -0.25) is 0 Å². The highest BCUT2D eigenvalue weighted by Crippen LogP contribution is 2.66. The second-order valence-corrected chi connectivity index (χ2v) is 8.47. The number of hydrogen-bond acceptors (Lipinski definition) is 5. The number of rotatable bonds is 11. The monoisotopic (exact) mass is 422 g/mol. The van der Waals surface area contributed by atoms with Crippen LogP contribution in [0.5, 0.6) is 11.5 Å². The molecule has 2 aliphatic rings. The minimum absolute atomic E-state index is 0.217. The van der Waals surface area contributed by atoms with Crippen LogP contribution in [0.25, 0.3) is 0 Å². The molecule has 2 aromatic carbocycles. The van der Waals surface area contributed by atoms with Crippen LogP contribution < -0.4 is 9.47 Å². The molecule has 3 unspecified atom stereocenters. The van der Waals surface area contributed by atoms with Gasteiger partial charge < -0.3 is 19.3 Å². The summed E-state index contributed by atoms with van der Waals surface area (Å²) in [5.41, 5.74) is 3.12. The van der Waals surface area contributed by atoms with Gasteiger partial charge in [0, 0.05) is 6.08 Å². The summed E-state index contributed by atoms with van der Waals surface area (Å²) in [6.07, 6.45) is 7.32. The Hall–Kier alpha value is -2.79. The van der Waals surface area contributed by atoms with Gasteiger partial charge in [0.1, 0.15) is 24.7 Å². The molecule has 4 rings (SSSR count). The number of fused-ring (bicyclic) bond motifs is 1. The fourth-order valence-corrected chi connectivity index (χ4v) is 5.25. The first-order valence-corrected chi connectivity index (χ1v) is 11.0. The van der Waals surface area contributed by atoms with Gasteiger partial charge in [0.25, 0.3) is 0 Å². The Balaban J connectivity index is 1.22. The molecule has 3 atom stereocenters. The molecule has 2 aliphatic carbocycles. The Kier molecular flexibility index (Phi) is 6.62. The number of esters is 1. The second kappa shape index (κ2) is 9.56. The minimum Gasteiger partial charge on any atom is -0.490 e. The molecule has 31 heavy (non-hydrogen) atoms. The summed E-state index contributed by atoms with van der Waals surface area (Å²) < 4.78 is 15.7. The third-order valence-electron chi connectivity index (χ3n) is 6.96. The van der Waals surface area contributed by atoms with Gasteiger partial charge >= 0.3 is 5.97 Å². The topological polar surface area (TPSA) is 65.0 Å². The molecule has 0 spiro atoms. The van der Waals surface area contributed by atoms with Crippen molar-refractivity contribution in [1.29, 1.82) is 0 Å². The van der Waals surface area contributed by atoms with E-state index in [-0.39, 0.29) is 13.4 Å². The van der Waals surface area contributed by atoms with E-state index in [1.165, 1.54) is 36.8 Å². The van der Waals surface area contributed by atoms with Crippen LogP contribution in [-0.4, -0.2) is 31.1 Å². The molecular formula is C26H30O5. The van der Waals surface area contributed by atoms with Crippen LogP contribution in [0, 0.1) is 11.8 Å². The Morgan fingerprint density at radius 2 is 1.77 bits per heavy atom. The maximum absolute atomic E-state index is 11.0. The first-order valence-electron chi connectivity index (χ1n) is 11.0. The number of aliphatic hydroxyl groups excluding tert-OH is 1. The predicted octanol–water partition coefficient (Wildman–Crippen LogP) is 4.42. The van der Waals surface area contributed by atoms with Gasteiger partial charge in [-0.05, 0) is 84.7 Å². The molecule has 5 nitrogen and oxygen atoms in total. The van der Waals surface area contributed by atoms with Gasteiger partial charge in [0.05, 0.1) is 0 Å². The van der Waals surface area contributed by atoms with E-state index < -0.39 is 5.97 Å². The first-order chi connectivity index (χ1) is 15.1. The second-order valence-electron chi connectivity index (χ2n) is 8.47. The third kappa shape index (κ3) is 4.62. The normalized spacial score (nSPS) is 23.6.